The van der Waals surface area contributed by atoms with Gasteiger partial charge in [-0.3, -0.25) is 0 Å². The average molecular weight is 251 g/mol. The van der Waals surface area contributed by atoms with Crippen molar-refractivity contribution in [3.8, 4) is 0 Å². The number of hydrogen-bond acceptors (Lipinski definition) is 0. The van der Waals surface area contributed by atoms with E-state index in [1.54, 1.807) is 0 Å². The Hall–Kier alpha value is -1.69. The van der Waals surface area contributed by atoms with Crippen molar-refractivity contribution in [2.75, 3.05) is 0 Å². The predicted octanol–water partition coefficient (Wildman–Crippen LogP) is 4.95. The first-order valence-corrected chi connectivity index (χ1v) is 7.12. The molecular formula is C19H23+. The van der Waals surface area contributed by atoms with E-state index in [0.29, 0.717) is 0 Å². The normalized spacial score (nSPS) is 11.5. The maximum absolute atomic E-state index is 4.42. The summed E-state index contributed by atoms with van der Waals surface area (Å²) in [6, 6.07) is 17.7. The van der Waals surface area contributed by atoms with Gasteiger partial charge in [0.05, 0.1) is 6.92 Å². The van der Waals surface area contributed by atoms with Crippen LogP contribution >= 0.6 is 0 Å². The van der Waals surface area contributed by atoms with E-state index < -0.39 is 0 Å². The molecule has 0 fully saturated rings. The minimum Gasteiger partial charge on any atom is -0.0613 e. The lowest BCUT2D eigenvalue weighted by Crippen LogP contribution is -2.19. The van der Waals surface area contributed by atoms with Crippen molar-refractivity contribution in [2.45, 2.75) is 39.0 Å². The zero-order valence-corrected chi connectivity index (χ0v) is 12.2. The second kappa shape index (κ2) is 5.52. The number of benzene rings is 2. The Balaban J connectivity index is 2.33. The third kappa shape index (κ3) is 2.84. The number of hydrogen-bond donors (Lipinski definition) is 0. The van der Waals surface area contributed by atoms with E-state index in [4.69, 9.17) is 0 Å². The first kappa shape index (κ1) is 13.7. The molecule has 2 aromatic carbocycles. The molecule has 0 aromatic heterocycles. The molecular weight excluding hydrogens is 228 g/mol. The average Bonchev–Trinajstić information content (AvgIpc) is 2.47. The summed E-state index contributed by atoms with van der Waals surface area (Å²) in [6.45, 7) is 11.0. The quantitative estimate of drug-likeness (QED) is 0.674. The maximum Gasteiger partial charge on any atom is 0.152 e. The van der Waals surface area contributed by atoms with Crippen LogP contribution in [0.3, 0.4) is 0 Å². The largest absolute Gasteiger partial charge is 0.152 e. The molecule has 0 saturated heterocycles. The van der Waals surface area contributed by atoms with Gasteiger partial charge in [-0.15, -0.1) is 0 Å². The van der Waals surface area contributed by atoms with Crippen LogP contribution in [-0.2, 0) is 18.3 Å². The fraction of sp³-hybridized carbons (Fsp3) is 0.316. The molecule has 0 amide bonds. The molecule has 0 aliphatic heterocycles. The zero-order chi connectivity index (χ0) is 13.9. The van der Waals surface area contributed by atoms with Gasteiger partial charge in [0.2, 0.25) is 0 Å². The van der Waals surface area contributed by atoms with Gasteiger partial charge in [-0.2, -0.15) is 0 Å². The summed E-state index contributed by atoms with van der Waals surface area (Å²) in [7, 11) is 0. The van der Waals surface area contributed by atoms with Crippen LogP contribution in [0, 0.1) is 6.92 Å². The topological polar surface area (TPSA) is 0 Å². The molecule has 0 saturated carbocycles. The highest BCUT2D eigenvalue weighted by molar-refractivity contribution is 5.41. The number of aryl methyl sites for hydroxylation is 2. The van der Waals surface area contributed by atoms with Crippen molar-refractivity contribution in [1.82, 2.24) is 0 Å². The summed E-state index contributed by atoms with van der Waals surface area (Å²) in [5, 5.41) is 0. The van der Waals surface area contributed by atoms with E-state index in [0.717, 1.165) is 12.8 Å². The summed E-state index contributed by atoms with van der Waals surface area (Å²) in [5.74, 6) is 0. The molecule has 19 heavy (non-hydrogen) atoms. The van der Waals surface area contributed by atoms with Gasteiger partial charge in [-0.05, 0) is 30.9 Å². The van der Waals surface area contributed by atoms with Crippen LogP contribution in [0.2, 0.25) is 0 Å². The monoisotopic (exact) mass is 251 g/mol. The standard InChI is InChI=1S/C19H23/c1-5-15-7-11-17(12-8-15)19(3,4)18-13-9-16(6-2)10-14-18/h7-14H,3,5-6H2,1-2,4H3/q+1. The van der Waals surface area contributed by atoms with E-state index in [-0.39, 0.29) is 5.41 Å². The molecule has 2 rings (SSSR count). The lowest BCUT2D eigenvalue weighted by molar-refractivity contribution is 0.717. The smallest absolute Gasteiger partial charge is 0.0613 e. The van der Waals surface area contributed by atoms with Crippen LogP contribution in [0.25, 0.3) is 0 Å². The second-order valence-electron chi connectivity index (χ2n) is 5.43. The van der Waals surface area contributed by atoms with Gasteiger partial charge >= 0.3 is 0 Å². The molecule has 0 heteroatoms. The maximum atomic E-state index is 4.42. The Morgan fingerprint density at radius 1 is 0.737 bits per heavy atom. The van der Waals surface area contributed by atoms with E-state index in [1.165, 1.54) is 22.3 Å². The van der Waals surface area contributed by atoms with E-state index in [9.17, 15) is 0 Å². The van der Waals surface area contributed by atoms with Crippen LogP contribution in [0.5, 0.6) is 0 Å². The Labute approximate surface area is 117 Å². The highest BCUT2D eigenvalue weighted by Crippen LogP contribution is 2.31. The lowest BCUT2D eigenvalue weighted by Gasteiger charge is -2.19. The summed E-state index contributed by atoms with van der Waals surface area (Å²) < 4.78 is 0. The Morgan fingerprint density at radius 3 is 1.32 bits per heavy atom. The van der Waals surface area contributed by atoms with Crippen LogP contribution in [0.1, 0.15) is 43.0 Å². The van der Waals surface area contributed by atoms with Crippen molar-refractivity contribution in [3.05, 3.63) is 77.7 Å². The third-order valence-electron chi connectivity index (χ3n) is 4.00. The fourth-order valence-corrected chi connectivity index (χ4v) is 2.38. The van der Waals surface area contributed by atoms with Crippen LogP contribution in [0.15, 0.2) is 48.5 Å². The molecule has 0 atom stereocenters. The van der Waals surface area contributed by atoms with Crippen molar-refractivity contribution in [2.24, 2.45) is 0 Å². The molecule has 0 aliphatic carbocycles. The fourth-order valence-electron chi connectivity index (χ4n) is 2.38. The van der Waals surface area contributed by atoms with Crippen LogP contribution in [-0.4, -0.2) is 0 Å². The first-order chi connectivity index (χ1) is 9.07. The van der Waals surface area contributed by atoms with Gasteiger partial charge < -0.3 is 0 Å². The van der Waals surface area contributed by atoms with E-state index in [1.807, 2.05) is 0 Å². The molecule has 0 nitrogen and oxygen atoms in total. The van der Waals surface area contributed by atoms with Crippen LogP contribution in [0.4, 0.5) is 0 Å². The molecule has 0 bridgehead atoms. The van der Waals surface area contributed by atoms with Crippen molar-refractivity contribution in [3.63, 3.8) is 0 Å². The third-order valence-corrected chi connectivity index (χ3v) is 4.00. The summed E-state index contributed by atoms with van der Waals surface area (Å²) >= 11 is 0. The summed E-state index contributed by atoms with van der Waals surface area (Å²) in [6.07, 6.45) is 2.17. The van der Waals surface area contributed by atoms with E-state index in [2.05, 4.69) is 76.2 Å². The summed E-state index contributed by atoms with van der Waals surface area (Å²) in [4.78, 5) is 0. The molecule has 2 aromatic rings. The van der Waals surface area contributed by atoms with Crippen LogP contribution < -0.4 is 0 Å². The molecule has 0 heterocycles. The van der Waals surface area contributed by atoms with Gasteiger partial charge in [-0.1, -0.05) is 62.4 Å². The predicted molar refractivity (Wildman–Crippen MR) is 83.5 cm³/mol. The minimum atomic E-state index is -0.182. The highest BCUT2D eigenvalue weighted by atomic mass is 14.3. The SMILES string of the molecule is [CH2+]C(C)(c1ccc(CC)cc1)c1ccc(CC)cc1. The molecule has 0 unspecified atom stereocenters. The van der Waals surface area contributed by atoms with Gasteiger partial charge in [0.1, 0.15) is 0 Å². The van der Waals surface area contributed by atoms with Gasteiger partial charge in [-0.25, -0.2) is 0 Å². The second-order valence-corrected chi connectivity index (χ2v) is 5.43. The van der Waals surface area contributed by atoms with E-state index >= 15 is 0 Å². The first-order valence-electron chi connectivity index (χ1n) is 7.12. The van der Waals surface area contributed by atoms with Gasteiger partial charge in [0.25, 0.3) is 0 Å². The highest BCUT2D eigenvalue weighted by Gasteiger charge is 2.30. The molecule has 0 aliphatic rings. The Morgan fingerprint density at radius 2 is 1.05 bits per heavy atom. The molecule has 0 spiro atoms. The Bertz CT molecular complexity index is 465. The van der Waals surface area contributed by atoms with Gasteiger partial charge in [0.15, 0.2) is 5.41 Å². The van der Waals surface area contributed by atoms with Crippen molar-refractivity contribution < 1.29 is 0 Å². The minimum absolute atomic E-state index is 0.182. The summed E-state index contributed by atoms with van der Waals surface area (Å²) in [5.41, 5.74) is 5.11. The molecule has 0 N–H and O–H groups in total. The molecule has 98 valence electrons. The lowest BCUT2D eigenvalue weighted by atomic mass is 9.77. The number of rotatable bonds is 4. The zero-order valence-electron chi connectivity index (χ0n) is 12.2. The Kier molecular flexibility index (Phi) is 3.99. The van der Waals surface area contributed by atoms with Crippen molar-refractivity contribution >= 4 is 0 Å². The van der Waals surface area contributed by atoms with Crippen molar-refractivity contribution in [1.29, 1.82) is 0 Å². The van der Waals surface area contributed by atoms with Gasteiger partial charge in [0, 0.05) is 11.1 Å². The molecule has 0 radical (unpaired) electrons.